The van der Waals surface area contributed by atoms with Gasteiger partial charge in [-0.05, 0) is 59.6 Å². The van der Waals surface area contributed by atoms with E-state index in [2.05, 4.69) is 42.1 Å². The maximum Gasteiger partial charge on any atom is 0.248 e. The average Bonchev–Trinajstić information content (AvgIpc) is 2.81. The van der Waals surface area contributed by atoms with Crippen molar-refractivity contribution in [3.05, 3.63) is 31.7 Å². The molecule has 0 spiro atoms. The SMILES string of the molecule is Cc1nn(CCC(=O)n2nc(C)c(Br)c2C)c(C)c1Br. The molecule has 0 aromatic carbocycles. The quantitative estimate of drug-likeness (QED) is 0.787. The highest BCUT2D eigenvalue weighted by Gasteiger charge is 2.16. The first kappa shape index (κ1) is 15.4. The molecule has 0 saturated carbocycles. The highest BCUT2D eigenvalue weighted by Crippen LogP contribution is 2.21. The summed E-state index contributed by atoms with van der Waals surface area (Å²) in [5.41, 5.74) is 3.63. The van der Waals surface area contributed by atoms with Gasteiger partial charge in [-0.2, -0.15) is 10.2 Å². The van der Waals surface area contributed by atoms with E-state index in [-0.39, 0.29) is 5.91 Å². The Balaban J connectivity index is 2.12. The number of carbonyl (C=O) groups excluding carboxylic acids is 1. The zero-order valence-electron chi connectivity index (χ0n) is 11.9. The van der Waals surface area contributed by atoms with Crippen molar-refractivity contribution >= 4 is 37.8 Å². The van der Waals surface area contributed by atoms with E-state index >= 15 is 0 Å². The standard InChI is InChI=1S/C13H16Br2N4O/c1-7-12(14)9(3)18(16-7)6-5-11(20)19-10(4)13(15)8(2)17-19/h5-6H2,1-4H3. The topological polar surface area (TPSA) is 52.7 Å². The molecule has 0 aliphatic carbocycles. The van der Waals surface area contributed by atoms with E-state index in [9.17, 15) is 4.79 Å². The molecule has 0 unspecified atom stereocenters. The van der Waals surface area contributed by atoms with Gasteiger partial charge in [0.15, 0.2) is 0 Å². The highest BCUT2D eigenvalue weighted by molar-refractivity contribution is 9.10. The van der Waals surface area contributed by atoms with Gasteiger partial charge in [0, 0.05) is 12.1 Å². The van der Waals surface area contributed by atoms with Crippen molar-refractivity contribution in [2.75, 3.05) is 0 Å². The molecule has 0 radical (unpaired) electrons. The second-order valence-electron chi connectivity index (χ2n) is 4.75. The molecule has 0 bridgehead atoms. The predicted molar refractivity (Wildman–Crippen MR) is 84.0 cm³/mol. The van der Waals surface area contributed by atoms with E-state index in [1.165, 1.54) is 4.68 Å². The number of carbonyl (C=O) groups is 1. The third kappa shape index (κ3) is 2.74. The van der Waals surface area contributed by atoms with Gasteiger partial charge in [0.25, 0.3) is 0 Å². The van der Waals surface area contributed by atoms with Crippen LogP contribution in [0, 0.1) is 27.7 Å². The Morgan fingerprint density at radius 2 is 1.55 bits per heavy atom. The van der Waals surface area contributed by atoms with Crippen LogP contribution in [0.25, 0.3) is 0 Å². The normalized spacial score (nSPS) is 11.1. The van der Waals surface area contributed by atoms with E-state index in [0.717, 1.165) is 31.7 Å². The van der Waals surface area contributed by atoms with Crippen LogP contribution in [0.4, 0.5) is 0 Å². The maximum atomic E-state index is 12.2. The number of rotatable bonds is 3. The molecule has 0 aliphatic rings. The van der Waals surface area contributed by atoms with Gasteiger partial charge in [-0.15, -0.1) is 0 Å². The molecule has 0 N–H and O–H groups in total. The lowest BCUT2D eigenvalue weighted by molar-refractivity contribution is 0.0876. The highest BCUT2D eigenvalue weighted by atomic mass is 79.9. The van der Waals surface area contributed by atoms with Gasteiger partial charge >= 0.3 is 0 Å². The van der Waals surface area contributed by atoms with Crippen LogP contribution < -0.4 is 0 Å². The molecule has 5 nitrogen and oxygen atoms in total. The molecule has 2 heterocycles. The predicted octanol–water partition coefficient (Wildman–Crippen LogP) is 3.57. The van der Waals surface area contributed by atoms with Crippen LogP contribution in [0.2, 0.25) is 0 Å². The smallest absolute Gasteiger partial charge is 0.248 e. The summed E-state index contributed by atoms with van der Waals surface area (Å²) in [6.45, 7) is 8.22. The summed E-state index contributed by atoms with van der Waals surface area (Å²) in [4.78, 5) is 12.2. The van der Waals surface area contributed by atoms with Gasteiger partial charge in [-0.25, -0.2) is 4.68 Å². The first-order valence-corrected chi connectivity index (χ1v) is 7.86. The van der Waals surface area contributed by atoms with Crippen molar-refractivity contribution in [1.29, 1.82) is 0 Å². The Bertz CT molecular complexity index is 672. The lowest BCUT2D eigenvalue weighted by atomic mass is 10.3. The van der Waals surface area contributed by atoms with Crippen molar-refractivity contribution in [3.8, 4) is 0 Å². The second-order valence-corrected chi connectivity index (χ2v) is 6.33. The second kappa shape index (κ2) is 5.81. The fraction of sp³-hybridized carbons (Fsp3) is 0.462. The molecule has 0 amide bonds. The summed E-state index contributed by atoms with van der Waals surface area (Å²) >= 11 is 6.91. The number of aromatic nitrogens is 4. The van der Waals surface area contributed by atoms with Crippen LogP contribution in [0.15, 0.2) is 8.95 Å². The molecule has 2 aromatic rings. The Hall–Kier alpha value is -0.950. The summed E-state index contributed by atoms with van der Waals surface area (Å²) in [5.74, 6) is -0.0278. The van der Waals surface area contributed by atoms with Crippen molar-refractivity contribution in [2.45, 2.75) is 40.7 Å². The molecule has 0 saturated heterocycles. The summed E-state index contributed by atoms with van der Waals surface area (Å²) < 4.78 is 5.19. The van der Waals surface area contributed by atoms with Crippen LogP contribution in [-0.4, -0.2) is 25.5 Å². The zero-order chi connectivity index (χ0) is 15.0. The van der Waals surface area contributed by atoms with Crippen molar-refractivity contribution < 1.29 is 4.79 Å². The number of halogens is 2. The molecule has 2 aromatic heterocycles. The maximum absolute atomic E-state index is 12.2. The Morgan fingerprint density at radius 1 is 1.00 bits per heavy atom. The molecular formula is C13H16Br2N4O. The lowest BCUT2D eigenvalue weighted by Crippen LogP contribution is -2.17. The van der Waals surface area contributed by atoms with Crippen molar-refractivity contribution in [3.63, 3.8) is 0 Å². The van der Waals surface area contributed by atoms with Gasteiger partial charge in [0.2, 0.25) is 5.91 Å². The first-order valence-electron chi connectivity index (χ1n) is 6.27. The Labute approximate surface area is 134 Å². The van der Waals surface area contributed by atoms with E-state index in [0.29, 0.717) is 13.0 Å². The van der Waals surface area contributed by atoms with Gasteiger partial charge in [0.05, 0.1) is 32.6 Å². The molecule has 7 heteroatoms. The van der Waals surface area contributed by atoms with Gasteiger partial charge in [0.1, 0.15) is 0 Å². The first-order chi connectivity index (χ1) is 9.32. The van der Waals surface area contributed by atoms with Gasteiger partial charge < -0.3 is 0 Å². The molecular weight excluding hydrogens is 388 g/mol. The van der Waals surface area contributed by atoms with E-state index in [4.69, 9.17) is 0 Å². The molecule has 108 valence electrons. The summed E-state index contributed by atoms with van der Waals surface area (Å²) in [5, 5.41) is 8.65. The van der Waals surface area contributed by atoms with Crippen molar-refractivity contribution in [1.82, 2.24) is 19.6 Å². The van der Waals surface area contributed by atoms with Crippen LogP contribution >= 0.6 is 31.9 Å². The largest absolute Gasteiger partial charge is 0.272 e. The fourth-order valence-electron chi connectivity index (χ4n) is 2.07. The van der Waals surface area contributed by atoms with Gasteiger partial charge in [-0.3, -0.25) is 9.48 Å². The number of aryl methyl sites for hydroxylation is 3. The average molecular weight is 404 g/mol. The zero-order valence-corrected chi connectivity index (χ0v) is 15.0. The van der Waals surface area contributed by atoms with Crippen LogP contribution in [0.5, 0.6) is 0 Å². The summed E-state index contributed by atoms with van der Waals surface area (Å²) in [6.07, 6.45) is 0.364. The Kier molecular flexibility index (Phi) is 4.49. The third-order valence-corrected chi connectivity index (χ3v) is 5.57. The monoisotopic (exact) mass is 402 g/mol. The number of nitrogens with zero attached hydrogens (tertiary/aromatic N) is 4. The summed E-state index contributed by atoms with van der Waals surface area (Å²) in [7, 11) is 0. The van der Waals surface area contributed by atoms with E-state index in [1.807, 2.05) is 32.4 Å². The molecule has 2 rings (SSSR count). The molecule has 0 aliphatic heterocycles. The fourth-order valence-corrected chi connectivity index (χ4v) is 2.60. The van der Waals surface area contributed by atoms with Crippen molar-refractivity contribution in [2.24, 2.45) is 0 Å². The van der Waals surface area contributed by atoms with E-state index < -0.39 is 0 Å². The summed E-state index contributed by atoms with van der Waals surface area (Å²) in [6, 6.07) is 0. The molecule has 0 atom stereocenters. The number of hydrogen-bond acceptors (Lipinski definition) is 3. The van der Waals surface area contributed by atoms with Crippen LogP contribution in [-0.2, 0) is 6.54 Å². The minimum absolute atomic E-state index is 0.0278. The van der Waals surface area contributed by atoms with Crippen LogP contribution in [0.1, 0.15) is 34.0 Å². The Morgan fingerprint density at radius 3 is 2.00 bits per heavy atom. The molecule has 0 fully saturated rings. The van der Waals surface area contributed by atoms with E-state index in [1.54, 1.807) is 0 Å². The number of hydrogen-bond donors (Lipinski definition) is 0. The minimum Gasteiger partial charge on any atom is -0.272 e. The van der Waals surface area contributed by atoms with Crippen LogP contribution in [0.3, 0.4) is 0 Å². The minimum atomic E-state index is -0.0278. The third-order valence-electron chi connectivity index (χ3n) is 3.27. The molecule has 20 heavy (non-hydrogen) atoms. The van der Waals surface area contributed by atoms with Gasteiger partial charge in [-0.1, -0.05) is 0 Å². The lowest BCUT2D eigenvalue weighted by Gasteiger charge is -2.05.